The van der Waals surface area contributed by atoms with E-state index in [4.69, 9.17) is 0 Å². The summed E-state index contributed by atoms with van der Waals surface area (Å²) in [6.45, 7) is 6.39. The summed E-state index contributed by atoms with van der Waals surface area (Å²) in [7, 11) is 0. The number of hydrogen-bond acceptors (Lipinski definition) is 3. The predicted molar refractivity (Wildman–Crippen MR) is 52.2 cm³/mol. The lowest BCUT2D eigenvalue weighted by Crippen LogP contribution is -2.27. The van der Waals surface area contributed by atoms with Crippen molar-refractivity contribution in [1.82, 2.24) is 5.32 Å². The second-order valence-electron chi connectivity index (χ2n) is 2.99. The Morgan fingerprint density at radius 2 is 2.17 bits per heavy atom. The Morgan fingerprint density at radius 3 is 2.58 bits per heavy atom. The molecule has 0 rings (SSSR count). The summed E-state index contributed by atoms with van der Waals surface area (Å²) in [6, 6.07) is 0. The second-order valence-corrected chi connectivity index (χ2v) is 3.57. The van der Waals surface area contributed by atoms with Crippen LogP contribution in [0.5, 0.6) is 0 Å². The highest BCUT2D eigenvalue weighted by Gasteiger charge is 2.02. The Hall–Kier alpha value is -0.640. The van der Waals surface area contributed by atoms with Crippen LogP contribution in [0.2, 0.25) is 0 Å². The number of rotatable bonds is 3. The molecular formula is C8H15NO2S. The molecule has 70 valence electrons. The first-order valence-corrected chi connectivity index (χ1v) is 4.39. The van der Waals surface area contributed by atoms with Crippen molar-refractivity contribution in [3.63, 3.8) is 0 Å². The van der Waals surface area contributed by atoms with Crippen LogP contribution in [0.25, 0.3) is 0 Å². The van der Waals surface area contributed by atoms with Crippen LogP contribution in [0.3, 0.4) is 0 Å². The maximum Gasteiger partial charge on any atom is 0.413 e. The summed E-state index contributed by atoms with van der Waals surface area (Å²) in [5.41, 5.74) is 0. The van der Waals surface area contributed by atoms with Crippen molar-refractivity contribution in [1.29, 1.82) is 0 Å². The van der Waals surface area contributed by atoms with Crippen LogP contribution < -0.4 is 5.32 Å². The van der Waals surface area contributed by atoms with E-state index in [9.17, 15) is 4.79 Å². The average molecular weight is 189 g/mol. The van der Waals surface area contributed by atoms with Crippen LogP contribution in [-0.4, -0.2) is 17.7 Å². The minimum absolute atomic E-state index is 0.247. The monoisotopic (exact) mass is 189 g/mol. The van der Waals surface area contributed by atoms with Gasteiger partial charge in [-0.2, -0.15) is 0 Å². The molecule has 0 bridgehead atoms. The molecule has 0 aromatic rings. The fourth-order valence-corrected chi connectivity index (χ4v) is 0.705. The van der Waals surface area contributed by atoms with Gasteiger partial charge < -0.3 is 10.1 Å². The summed E-state index contributed by atoms with van der Waals surface area (Å²) in [5.74, 6) is 0.582. The predicted octanol–water partition coefficient (Wildman–Crippen LogP) is 2.11. The van der Waals surface area contributed by atoms with Crippen LogP contribution in [0, 0.1) is 5.92 Å². The van der Waals surface area contributed by atoms with Crippen molar-refractivity contribution in [2.45, 2.75) is 27.2 Å². The van der Waals surface area contributed by atoms with Crippen molar-refractivity contribution in [2.24, 2.45) is 5.92 Å². The molecule has 0 aliphatic heterocycles. The zero-order valence-electron chi connectivity index (χ0n) is 7.72. The molecular weight excluding hydrogens is 174 g/mol. The lowest BCUT2D eigenvalue weighted by atomic mass is 10.1. The fourth-order valence-electron chi connectivity index (χ4n) is 0.630. The number of ether oxygens (including phenoxy) is 1. The molecule has 0 aliphatic carbocycles. The molecule has 12 heavy (non-hydrogen) atoms. The van der Waals surface area contributed by atoms with E-state index in [2.05, 4.69) is 36.1 Å². The summed E-state index contributed by atoms with van der Waals surface area (Å²) in [6.07, 6.45) is 0.495. The molecule has 0 unspecified atom stereocenters. The van der Waals surface area contributed by atoms with E-state index in [1.165, 1.54) is 0 Å². The summed E-state index contributed by atoms with van der Waals surface area (Å²) >= 11 is 4.59. The van der Waals surface area contributed by atoms with Gasteiger partial charge in [-0.1, -0.05) is 13.8 Å². The number of amides is 1. The standard InChI is InChI=1S/C8H15NO2S/c1-6(2)4-5-9-8(10)11-7(3)12/h6H,4-5H2,1-3H3,(H,9,10). The highest BCUT2D eigenvalue weighted by Crippen LogP contribution is 1.96. The first-order chi connectivity index (χ1) is 5.52. The van der Waals surface area contributed by atoms with Gasteiger partial charge >= 0.3 is 6.09 Å². The quantitative estimate of drug-likeness (QED) is 0.691. The Morgan fingerprint density at radius 1 is 1.58 bits per heavy atom. The van der Waals surface area contributed by atoms with Gasteiger partial charge in [-0.25, -0.2) is 4.79 Å². The van der Waals surface area contributed by atoms with Gasteiger partial charge in [0, 0.05) is 13.5 Å². The van der Waals surface area contributed by atoms with Crippen molar-refractivity contribution < 1.29 is 9.53 Å². The minimum Gasteiger partial charge on any atom is -0.403 e. The molecule has 1 N–H and O–H groups in total. The van der Waals surface area contributed by atoms with E-state index in [-0.39, 0.29) is 5.05 Å². The third-order valence-corrected chi connectivity index (χ3v) is 1.31. The average Bonchev–Trinajstić information content (AvgIpc) is 1.84. The second kappa shape index (κ2) is 5.94. The van der Waals surface area contributed by atoms with Crippen molar-refractivity contribution in [3.8, 4) is 0 Å². The first kappa shape index (κ1) is 11.4. The van der Waals surface area contributed by atoms with Crippen LogP contribution >= 0.6 is 12.2 Å². The topological polar surface area (TPSA) is 38.3 Å². The molecule has 0 radical (unpaired) electrons. The maximum absolute atomic E-state index is 10.8. The molecule has 3 nitrogen and oxygen atoms in total. The fraction of sp³-hybridized carbons (Fsp3) is 0.750. The Kier molecular flexibility index (Phi) is 5.62. The van der Waals surface area contributed by atoms with Gasteiger partial charge in [-0.15, -0.1) is 0 Å². The van der Waals surface area contributed by atoms with E-state index in [0.717, 1.165) is 6.42 Å². The van der Waals surface area contributed by atoms with Crippen LogP contribution in [0.15, 0.2) is 0 Å². The number of thiocarbonyl (C=S) groups is 1. The van der Waals surface area contributed by atoms with Gasteiger partial charge in [-0.3, -0.25) is 0 Å². The van der Waals surface area contributed by atoms with Crippen molar-refractivity contribution in [3.05, 3.63) is 0 Å². The van der Waals surface area contributed by atoms with Gasteiger partial charge in [0.15, 0.2) is 5.05 Å². The van der Waals surface area contributed by atoms with E-state index < -0.39 is 6.09 Å². The molecule has 0 fully saturated rings. The number of alkyl carbamates (subject to hydrolysis) is 1. The van der Waals surface area contributed by atoms with Crippen molar-refractivity contribution in [2.75, 3.05) is 6.54 Å². The lowest BCUT2D eigenvalue weighted by molar-refractivity contribution is 0.198. The molecule has 0 atom stereocenters. The van der Waals surface area contributed by atoms with E-state index >= 15 is 0 Å². The molecule has 0 saturated heterocycles. The number of carbonyl (C=O) groups is 1. The molecule has 0 heterocycles. The number of carbonyl (C=O) groups excluding carboxylic acids is 1. The van der Waals surface area contributed by atoms with E-state index in [1.807, 2.05) is 0 Å². The van der Waals surface area contributed by atoms with Gasteiger partial charge in [0.05, 0.1) is 0 Å². The molecule has 0 aromatic carbocycles. The van der Waals surface area contributed by atoms with Crippen LogP contribution in [-0.2, 0) is 4.74 Å². The molecule has 0 saturated carbocycles. The first-order valence-electron chi connectivity index (χ1n) is 3.98. The van der Waals surface area contributed by atoms with Gasteiger partial charge in [0.25, 0.3) is 0 Å². The third kappa shape index (κ3) is 7.47. The molecule has 0 aromatic heterocycles. The van der Waals surface area contributed by atoms with Gasteiger partial charge in [0.2, 0.25) is 0 Å². The summed E-state index contributed by atoms with van der Waals surface area (Å²) < 4.78 is 4.61. The lowest BCUT2D eigenvalue weighted by Gasteiger charge is -2.06. The minimum atomic E-state index is -0.455. The van der Waals surface area contributed by atoms with Crippen LogP contribution in [0.1, 0.15) is 27.2 Å². The molecule has 1 amide bonds. The maximum atomic E-state index is 10.8. The highest BCUT2D eigenvalue weighted by atomic mass is 32.1. The molecule has 4 heteroatoms. The van der Waals surface area contributed by atoms with Crippen LogP contribution in [0.4, 0.5) is 4.79 Å². The third-order valence-electron chi connectivity index (χ3n) is 1.23. The molecule has 0 spiro atoms. The smallest absolute Gasteiger partial charge is 0.403 e. The summed E-state index contributed by atoms with van der Waals surface area (Å²) in [4.78, 5) is 10.8. The number of hydrogen-bond donors (Lipinski definition) is 1. The molecule has 0 aliphatic rings. The largest absolute Gasteiger partial charge is 0.413 e. The summed E-state index contributed by atoms with van der Waals surface area (Å²) in [5, 5.41) is 2.84. The Bertz CT molecular complexity index is 168. The zero-order valence-corrected chi connectivity index (χ0v) is 8.53. The van der Waals surface area contributed by atoms with Gasteiger partial charge in [-0.05, 0) is 24.6 Å². The Labute approximate surface area is 78.5 Å². The van der Waals surface area contributed by atoms with E-state index in [0.29, 0.717) is 12.5 Å². The number of nitrogens with one attached hydrogen (secondary N) is 1. The van der Waals surface area contributed by atoms with Gasteiger partial charge in [0.1, 0.15) is 0 Å². The van der Waals surface area contributed by atoms with E-state index in [1.54, 1.807) is 6.92 Å². The Balaban J connectivity index is 3.38. The van der Waals surface area contributed by atoms with Crippen molar-refractivity contribution >= 4 is 23.4 Å². The zero-order chi connectivity index (χ0) is 9.56. The SMILES string of the molecule is CC(=S)OC(=O)NCCC(C)C. The highest BCUT2D eigenvalue weighted by molar-refractivity contribution is 7.80. The normalized spacial score (nSPS) is 9.67.